The van der Waals surface area contributed by atoms with Crippen molar-refractivity contribution in [1.29, 1.82) is 0 Å². The van der Waals surface area contributed by atoms with Gasteiger partial charge in [0.05, 0.1) is 13.1 Å². The molecule has 0 aromatic carbocycles. The van der Waals surface area contributed by atoms with Crippen LogP contribution in [0.3, 0.4) is 0 Å². The third-order valence-corrected chi connectivity index (χ3v) is 3.96. The molecule has 0 radical (unpaired) electrons. The van der Waals surface area contributed by atoms with Crippen LogP contribution in [0.25, 0.3) is 0 Å². The largest absolute Gasteiger partial charge is 0.341 e. The van der Waals surface area contributed by atoms with Crippen LogP contribution >= 0.6 is 0 Å². The molecule has 2 fully saturated rings. The summed E-state index contributed by atoms with van der Waals surface area (Å²) in [7, 11) is 0. The third kappa shape index (κ3) is 3.22. The normalized spacial score (nSPS) is 25.4. The van der Waals surface area contributed by atoms with Crippen LogP contribution in [0.2, 0.25) is 0 Å². The molecule has 0 aliphatic carbocycles. The molecule has 5 nitrogen and oxygen atoms in total. The van der Waals surface area contributed by atoms with E-state index >= 15 is 0 Å². The number of nitrogens with zero attached hydrogens (tertiary/aromatic N) is 2. The summed E-state index contributed by atoms with van der Waals surface area (Å²) in [4.78, 5) is 27.4. The standard InChI is InChI=1S/C13H23N3O2/c1-2-11-4-3-6-15(9-11)13(18)10-16-7-5-14-8-12(16)17/h11,14H,2-10H2,1H3/t11-/m1/s1. The Labute approximate surface area is 108 Å². The zero-order valence-corrected chi connectivity index (χ0v) is 11.2. The molecule has 0 bridgehead atoms. The van der Waals surface area contributed by atoms with Crippen LogP contribution in [-0.4, -0.2) is 60.9 Å². The molecule has 2 saturated heterocycles. The van der Waals surface area contributed by atoms with Crippen LogP contribution in [0, 0.1) is 5.92 Å². The van der Waals surface area contributed by atoms with Crippen molar-refractivity contribution in [3.8, 4) is 0 Å². The molecule has 102 valence electrons. The summed E-state index contributed by atoms with van der Waals surface area (Å²) in [6.07, 6.45) is 3.46. The van der Waals surface area contributed by atoms with Crippen LogP contribution in [0.4, 0.5) is 0 Å². The number of nitrogens with one attached hydrogen (secondary N) is 1. The molecule has 2 heterocycles. The molecule has 2 aliphatic heterocycles. The van der Waals surface area contributed by atoms with Gasteiger partial charge in [-0.05, 0) is 18.8 Å². The number of rotatable bonds is 3. The maximum absolute atomic E-state index is 12.2. The van der Waals surface area contributed by atoms with Crippen molar-refractivity contribution in [3.63, 3.8) is 0 Å². The second kappa shape index (κ2) is 6.18. The predicted octanol–water partition coefficient (Wildman–Crippen LogP) is 0.0668. The van der Waals surface area contributed by atoms with E-state index < -0.39 is 0 Å². The number of carbonyl (C=O) groups excluding carboxylic acids is 2. The van der Waals surface area contributed by atoms with Crippen molar-refractivity contribution in [2.45, 2.75) is 26.2 Å². The second-order valence-electron chi connectivity index (χ2n) is 5.25. The SMILES string of the molecule is CC[C@@H]1CCCN(C(=O)CN2CCNCC2=O)C1. The van der Waals surface area contributed by atoms with Crippen LogP contribution in [0.15, 0.2) is 0 Å². The first-order chi connectivity index (χ1) is 8.70. The number of amides is 2. The highest BCUT2D eigenvalue weighted by atomic mass is 16.2. The molecule has 2 rings (SSSR count). The molecule has 1 atom stereocenters. The van der Waals surface area contributed by atoms with Crippen LogP contribution < -0.4 is 5.32 Å². The smallest absolute Gasteiger partial charge is 0.242 e. The van der Waals surface area contributed by atoms with Gasteiger partial charge in [-0.25, -0.2) is 0 Å². The Hall–Kier alpha value is -1.10. The number of hydrogen-bond acceptors (Lipinski definition) is 3. The van der Waals surface area contributed by atoms with Crippen molar-refractivity contribution >= 4 is 11.8 Å². The summed E-state index contributed by atoms with van der Waals surface area (Å²) >= 11 is 0. The molecular weight excluding hydrogens is 230 g/mol. The van der Waals surface area contributed by atoms with Gasteiger partial charge in [0.2, 0.25) is 11.8 Å². The lowest BCUT2D eigenvalue weighted by molar-refractivity contribution is -0.142. The molecule has 0 saturated carbocycles. The van der Waals surface area contributed by atoms with E-state index in [2.05, 4.69) is 12.2 Å². The van der Waals surface area contributed by atoms with Gasteiger partial charge in [0.25, 0.3) is 0 Å². The maximum Gasteiger partial charge on any atom is 0.242 e. The minimum absolute atomic E-state index is 0.0404. The minimum Gasteiger partial charge on any atom is -0.341 e. The summed E-state index contributed by atoms with van der Waals surface area (Å²) in [6.45, 7) is 5.97. The van der Waals surface area contributed by atoms with E-state index in [0.29, 0.717) is 19.0 Å². The summed E-state index contributed by atoms with van der Waals surface area (Å²) in [6, 6.07) is 0. The van der Waals surface area contributed by atoms with Crippen molar-refractivity contribution in [1.82, 2.24) is 15.1 Å². The van der Waals surface area contributed by atoms with Crippen LogP contribution in [0.5, 0.6) is 0 Å². The van der Waals surface area contributed by atoms with Crippen LogP contribution in [-0.2, 0) is 9.59 Å². The zero-order valence-electron chi connectivity index (χ0n) is 11.2. The van der Waals surface area contributed by atoms with Gasteiger partial charge in [-0.15, -0.1) is 0 Å². The molecule has 5 heteroatoms. The van der Waals surface area contributed by atoms with Gasteiger partial charge >= 0.3 is 0 Å². The Morgan fingerprint density at radius 1 is 1.44 bits per heavy atom. The minimum atomic E-state index is 0.0404. The average molecular weight is 253 g/mol. The number of piperidine rings is 1. The van der Waals surface area contributed by atoms with Gasteiger partial charge in [0.1, 0.15) is 0 Å². The van der Waals surface area contributed by atoms with E-state index in [-0.39, 0.29) is 18.4 Å². The van der Waals surface area contributed by atoms with E-state index in [4.69, 9.17) is 0 Å². The lowest BCUT2D eigenvalue weighted by Gasteiger charge is -2.34. The van der Waals surface area contributed by atoms with Crippen molar-refractivity contribution in [2.24, 2.45) is 5.92 Å². The first-order valence-corrected chi connectivity index (χ1v) is 6.97. The number of piperazine rings is 1. The van der Waals surface area contributed by atoms with Crippen molar-refractivity contribution in [3.05, 3.63) is 0 Å². The molecule has 18 heavy (non-hydrogen) atoms. The molecule has 0 unspecified atom stereocenters. The molecule has 2 aliphatic rings. The van der Waals surface area contributed by atoms with Gasteiger partial charge in [-0.3, -0.25) is 9.59 Å². The Kier molecular flexibility index (Phi) is 4.58. The molecular formula is C13H23N3O2. The van der Waals surface area contributed by atoms with Gasteiger partial charge < -0.3 is 15.1 Å². The molecule has 0 aromatic rings. The van der Waals surface area contributed by atoms with Crippen LogP contribution in [0.1, 0.15) is 26.2 Å². The van der Waals surface area contributed by atoms with Crippen molar-refractivity contribution in [2.75, 3.05) is 39.3 Å². The molecule has 2 amide bonds. The highest BCUT2D eigenvalue weighted by Crippen LogP contribution is 2.19. The van der Waals surface area contributed by atoms with E-state index in [9.17, 15) is 9.59 Å². The highest BCUT2D eigenvalue weighted by Gasteiger charge is 2.26. The Morgan fingerprint density at radius 2 is 2.28 bits per heavy atom. The quantitative estimate of drug-likeness (QED) is 0.774. The fourth-order valence-electron chi connectivity index (χ4n) is 2.70. The first-order valence-electron chi connectivity index (χ1n) is 6.97. The monoisotopic (exact) mass is 253 g/mol. The fourth-order valence-corrected chi connectivity index (χ4v) is 2.70. The lowest BCUT2D eigenvalue weighted by Crippen LogP contribution is -2.52. The van der Waals surface area contributed by atoms with E-state index in [1.165, 1.54) is 6.42 Å². The second-order valence-corrected chi connectivity index (χ2v) is 5.25. The van der Waals surface area contributed by atoms with E-state index in [1.54, 1.807) is 4.90 Å². The molecule has 0 aromatic heterocycles. The third-order valence-electron chi connectivity index (χ3n) is 3.96. The molecule has 1 N–H and O–H groups in total. The average Bonchev–Trinajstić information content (AvgIpc) is 2.41. The summed E-state index contributed by atoms with van der Waals surface area (Å²) in [5, 5.41) is 3.02. The number of likely N-dealkylation sites (tertiary alicyclic amines) is 1. The lowest BCUT2D eigenvalue weighted by atomic mass is 9.95. The number of hydrogen-bond donors (Lipinski definition) is 1. The molecule has 0 spiro atoms. The first kappa shape index (κ1) is 13.3. The Bertz CT molecular complexity index is 319. The Balaban J connectivity index is 1.85. The summed E-state index contributed by atoms with van der Waals surface area (Å²) in [5.41, 5.74) is 0. The van der Waals surface area contributed by atoms with Gasteiger partial charge in [0.15, 0.2) is 0 Å². The predicted molar refractivity (Wildman–Crippen MR) is 69.0 cm³/mol. The fraction of sp³-hybridized carbons (Fsp3) is 0.846. The maximum atomic E-state index is 12.2. The van der Waals surface area contributed by atoms with E-state index in [0.717, 1.165) is 32.5 Å². The summed E-state index contributed by atoms with van der Waals surface area (Å²) < 4.78 is 0. The Morgan fingerprint density at radius 3 is 3.00 bits per heavy atom. The van der Waals surface area contributed by atoms with Gasteiger partial charge in [0, 0.05) is 26.2 Å². The summed E-state index contributed by atoms with van der Waals surface area (Å²) in [5.74, 6) is 0.795. The zero-order chi connectivity index (χ0) is 13.0. The topological polar surface area (TPSA) is 52.7 Å². The van der Waals surface area contributed by atoms with Crippen molar-refractivity contribution < 1.29 is 9.59 Å². The van der Waals surface area contributed by atoms with Gasteiger partial charge in [-0.1, -0.05) is 13.3 Å². The van der Waals surface area contributed by atoms with E-state index in [1.807, 2.05) is 4.90 Å². The van der Waals surface area contributed by atoms with Gasteiger partial charge in [-0.2, -0.15) is 0 Å². The highest BCUT2D eigenvalue weighted by molar-refractivity contribution is 5.86. The number of carbonyl (C=O) groups is 2.